The average molecular weight is 455 g/mol. The Morgan fingerprint density at radius 3 is 2.64 bits per heavy atom. The molecule has 6 heteroatoms. The van der Waals surface area contributed by atoms with Crippen LogP contribution in [0, 0.1) is 6.92 Å². The fourth-order valence-electron chi connectivity index (χ4n) is 3.85. The van der Waals surface area contributed by atoms with Crippen molar-refractivity contribution in [2.75, 3.05) is 12.4 Å². The maximum Gasteiger partial charge on any atom is 0.261 e. The van der Waals surface area contributed by atoms with Crippen LogP contribution in [0.4, 0.5) is 5.69 Å². The van der Waals surface area contributed by atoms with E-state index >= 15 is 0 Å². The molecule has 1 aliphatic carbocycles. The third kappa shape index (κ3) is 3.38. The van der Waals surface area contributed by atoms with Crippen molar-refractivity contribution < 1.29 is 9.53 Å². The van der Waals surface area contributed by atoms with Gasteiger partial charge in [0.25, 0.3) is 5.91 Å². The molecule has 0 radical (unpaired) electrons. The van der Waals surface area contributed by atoms with Crippen LogP contribution >= 0.6 is 28.1 Å². The average Bonchev–Trinajstić information content (AvgIpc) is 3.08. The number of nitrogens with one attached hydrogen (secondary N) is 2. The van der Waals surface area contributed by atoms with Gasteiger partial charge in [-0.3, -0.25) is 10.1 Å². The predicted octanol–water partition coefficient (Wildman–Crippen LogP) is 5.14. The summed E-state index contributed by atoms with van der Waals surface area (Å²) in [5.74, 6) is 0.221. The molecule has 0 saturated carbocycles. The number of aryl methyl sites for hydroxylation is 3. The van der Waals surface area contributed by atoms with E-state index in [1.807, 2.05) is 19.1 Å². The Labute approximate surface area is 177 Å². The Morgan fingerprint density at radius 1 is 1.14 bits per heavy atom. The van der Waals surface area contributed by atoms with Crippen LogP contribution in [0.2, 0.25) is 0 Å². The molecule has 0 heterocycles. The molecule has 0 fully saturated rings. The van der Waals surface area contributed by atoms with E-state index in [-0.39, 0.29) is 11.0 Å². The lowest BCUT2D eigenvalue weighted by Crippen LogP contribution is -2.34. The topological polar surface area (TPSA) is 50.4 Å². The van der Waals surface area contributed by atoms with Crippen LogP contribution in [0.5, 0.6) is 5.75 Å². The predicted molar refractivity (Wildman–Crippen MR) is 120 cm³/mol. The largest absolute Gasteiger partial charge is 0.496 e. The number of methoxy groups -OCH3 is 1. The highest BCUT2D eigenvalue weighted by Gasteiger charge is 2.19. The molecule has 1 aliphatic rings. The molecule has 142 valence electrons. The molecule has 4 rings (SSSR count). The van der Waals surface area contributed by atoms with Crippen LogP contribution in [0.3, 0.4) is 0 Å². The number of thiocarbonyl (C=S) groups is 1. The van der Waals surface area contributed by atoms with Crippen LogP contribution < -0.4 is 15.4 Å². The highest BCUT2D eigenvalue weighted by atomic mass is 79.9. The van der Waals surface area contributed by atoms with Crippen molar-refractivity contribution in [2.45, 2.75) is 19.8 Å². The summed E-state index contributed by atoms with van der Waals surface area (Å²) in [6, 6.07) is 14.1. The molecular formula is C22H19BrN2O2S. The second-order valence-electron chi connectivity index (χ2n) is 6.82. The third-order valence-electron chi connectivity index (χ3n) is 5.04. The fourth-order valence-corrected chi connectivity index (χ4v) is 4.62. The number of anilines is 1. The van der Waals surface area contributed by atoms with Gasteiger partial charge in [0, 0.05) is 15.5 Å². The summed E-state index contributed by atoms with van der Waals surface area (Å²) < 4.78 is 6.21. The van der Waals surface area contributed by atoms with E-state index in [0.29, 0.717) is 11.3 Å². The molecule has 0 aliphatic heterocycles. The molecule has 2 N–H and O–H groups in total. The molecular weight excluding hydrogens is 436 g/mol. The van der Waals surface area contributed by atoms with Gasteiger partial charge in [0.2, 0.25) is 0 Å². The van der Waals surface area contributed by atoms with Crippen LogP contribution in [0.25, 0.3) is 10.8 Å². The fraction of sp³-hybridized carbons (Fsp3) is 0.182. The van der Waals surface area contributed by atoms with Crippen LogP contribution in [-0.4, -0.2) is 18.1 Å². The van der Waals surface area contributed by atoms with Gasteiger partial charge < -0.3 is 10.1 Å². The SMILES string of the molecule is COc1c(C)cc(Br)cc1C(=O)NC(=S)Nc1ccc2c3c(cccc13)CC2. The first-order chi connectivity index (χ1) is 13.5. The summed E-state index contributed by atoms with van der Waals surface area (Å²) >= 11 is 8.83. The summed E-state index contributed by atoms with van der Waals surface area (Å²) in [4.78, 5) is 12.8. The molecule has 3 aromatic rings. The van der Waals surface area contributed by atoms with Crippen LogP contribution in [0.15, 0.2) is 46.9 Å². The highest BCUT2D eigenvalue weighted by Crippen LogP contribution is 2.35. The van der Waals surface area contributed by atoms with Gasteiger partial charge in [-0.2, -0.15) is 0 Å². The zero-order chi connectivity index (χ0) is 19.8. The van der Waals surface area contributed by atoms with Gasteiger partial charge in [0.15, 0.2) is 5.11 Å². The summed E-state index contributed by atoms with van der Waals surface area (Å²) in [5.41, 5.74) is 4.92. The molecule has 0 saturated heterocycles. The van der Waals surface area contributed by atoms with Crippen molar-refractivity contribution >= 4 is 55.6 Å². The van der Waals surface area contributed by atoms with Gasteiger partial charge in [-0.1, -0.05) is 40.2 Å². The highest BCUT2D eigenvalue weighted by molar-refractivity contribution is 9.10. The summed E-state index contributed by atoms with van der Waals surface area (Å²) in [5, 5.41) is 8.62. The summed E-state index contributed by atoms with van der Waals surface area (Å²) in [7, 11) is 1.55. The monoisotopic (exact) mass is 454 g/mol. The Morgan fingerprint density at radius 2 is 1.89 bits per heavy atom. The minimum Gasteiger partial charge on any atom is -0.496 e. The maximum absolute atomic E-state index is 12.8. The first kappa shape index (κ1) is 18.9. The van der Waals surface area contributed by atoms with Crippen molar-refractivity contribution in [1.29, 1.82) is 0 Å². The molecule has 28 heavy (non-hydrogen) atoms. The van der Waals surface area contributed by atoms with Crippen LogP contribution in [0.1, 0.15) is 27.0 Å². The normalized spacial score (nSPS) is 12.1. The number of benzene rings is 3. The van der Waals surface area contributed by atoms with Crippen molar-refractivity contribution in [2.24, 2.45) is 0 Å². The van der Waals surface area contributed by atoms with E-state index in [9.17, 15) is 4.79 Å². The van der Waals surface area contributed by atoms with E-state index in [0.717, 1.165) is 34.0 Å². The molecule has 3 aromatic carbocycles. The number of ether oxygens (including phenoxy) is 1. The smallest absolute Gasteiger partial charge is 0.261 e. The van der Waals surface area contributed by atoms with E-state index in [1.54, 1.807) is 13.2 Å². The van der Waals surface area contributed by atoms with E-state index < -0.39 is 0 Å². The van der Waals surface area contributed by atoms with E-state index in [1.165, 1.54) is 16.5 Å². The van der Waals surface area contributed by atoms with Gasteiger partial charge in [-0.15, -0.1) is 0 Å². The number of hydrogen-bond acceptors (Lipinski definition) is 3. The van der Waals surface area contributed by atoms with E-state index in [4.69, 9.17) is 17.0 Å². The minimum absolute atomic E-state index is 0.253. The Hall–Kier alpha value is -2.44. The number of amides is 1. The number of carbonyl (C=O) groups excluding carboxylic acids is 1. The molecule has 0 aromatic heterocycles. The first-order valence-electron chi connectivity index (χ1n) is 8.98. The lowest BCUT2D eigenvalue weighted by atomic mass is 10.0. The molecule has 0 atom stereocenters. The molecule has 1 amide bonds. The van der Waals surface area contributed by atoms with Crippen molar-refractivity contribution in [3.63, 3.8) is 0 Å². The maximum atomic E-state index is 12.8. The van der Waals surface area contributed by atoms with Crippen molar-refractivity contribution in [1.82, 2.24) is 5.32 Å². The zero-order valence-electron chi connectivity index (χ0n) is 15.6. The molecule has 0 spiro atoms. The molecule has 0 unspecified atom stereocenters. The number of halogens is 1. The minimum atomic E-state index is -0.315. The Bertz CT molecular complexity index is 1120. The quantitative estimate of drug-likeness (QED) is 0.537. The molecule has 4 nitrogen and oxygen atoms in total. The van der Waals surface area contributed by atoms with Gasteiger partial charge >= 0.3 is 0 Å². The van der Waals surface area contributed by atoms with Crippen molar-refractivity contribution in [3.8, 4) is 5.75 Å². The lowest BCUT2D eigenvalue weighted by molar-refractivity contribution is 0.0974. The van der Waals surface area contributed by atoms with Crippen molar-refractivity contribution in [3.05, 3.63) is 69.2 Å². The van der Waals surface area contributed by atoms with Gasteiger partial charge in [0.1, 0.15) is 5.75 Å². The van der Waals surface area contributed by atoms with Crippen LogP contribution in [-0.2, 0) is 12.8 Å². The van der Waals surface area contributed by atoms with E-state index in [2.05, 4.69) is 50.8 Å². The second-order valence-corrected chi connectivity index (χ2v) is 8.15. The molecule has 0 bridgehead atoms. The lowest BCUT2D eigenvalue weighted by Gasteiger charge is -2.15. The van der Waals surface area contributed by atoms with Gasteiger partial charge in [-0.25, -0.2) is 0 Å². The van der Waals surface area contributed by atoms with Gasteiger partial charge in [-0.05, 0) is 72.3 Å². The Balaban J connectivity index is 1.58. The first-order valence-corrected chi connectivity index (χ1v) is 10.2. The standard InChI is InChI=1S/C22H19BrN2O2S/c1-12-10-15(23)11-17(20(12)27-2)21(26)25-22(28)24-18-9-8-14-7-6-13-4-3-5-16(18)19(13)14/h3-5,8-11H,6-7H2,1-2H3,(H2,24,25,26,28). The number of rotatable bonds is 3. The Kier molecular flexibility index (Phi) is 5.08. The number of carbonyl (C=O) groups is 1. The number of hydrogen-bond donors (Lipinski definition) is 2. The summed E-state index contributed by atoms with van der Waals surface area (Å²) in [6.07, 6.45) is 2.14. The van der Waals surface area contributed by atoms with Gasteiger partial charge in [0.05, 0.1) is 12.7 Å². The third-order valence-corrected chi connectivity index (χ3v) is 5.70. The second kappa shape index (κ2) is 7.53. The zero-order valence-corrected chi connectivity index (χ0v) is 18.0. The summed E-state index contributed by atoms with van der Waals surface area (Å²) in [6.45, 7) is 1.89.